The molecule has 3 rings (SSSR count). The first-order valence-corrected chi connectivity index (χ1v) is 13.0. The van der Waals surface area contributed by atoms with E-state index in [9.17, 15) is 9.59 Å². The molecule has 0 unspecified atom stereocenters. The molecule has 0 saturated heterocycles. The van der Waals surface area contributed by atoms with Crippen LogP contribution in [-0.2, 0) is 21.9 Å². The van der Waals surface area contributed by atoms with Gasteiger partial charge < -0.3 is 10.2 Å². The van der Waals surface area contributed by atoms with E-state index in [4.69, 9.17) is 23.2 Å². The average Bonchev–Trinajstić information content (AvgIpc) is 2.80. The first kappa shape index (κ1) is 24.9. The molecular formula is C25H30Cl2N2O2S. The van der Waals surface area contributed by atoms with Gasteiger partial charge in [0.15, 0.2) is 0 Å². The molecular weight excluding hydrogens is 463 g/mol. The van der Waals surface area contributed by atoms with E-state index in [1.807, 2.05) is 55.5 Å². The lowest BCUT2D eigenvalue weighted by Gasteiger charge is -2.31. The molecule has 0 aromatic heterocycles. The van der Waals surface area contributed by atoms with Gasteiger partial charge in [-0.3, -0.25) is 9.59 Å². The minimum absolute atomic E-state index is 0.0507. The van der Waals surface area contributed by atoms with Crippen LogP contribution in [0.15, 0.2) is 48.5 Å². The van der Waals surface area contributed by atoms with Crippen LogP contribution in [-0.4, -0.2) is 34.6 Å². The maximum absolute atomic E-state index is 13.2. The first-order chi connectivity index (χ1) is 15.4. The van der Waals surface area contributed by atoms with Crippen LogP contribution in [0.4, 0.5) is 0 Å². The van der Waals surface area contributed by atoms with Gasteiger partial charge in [-0.1, -0.05) is 66.7 Å². The van der Waals surface area contributed by atoms with Crippen molar-refractivity contribution in [3.63, 3.8) is 0 Å². The van der Waals surface area contributed by atoms with Crippen molar-refractivity contribution in [3.05, 3.63) is 69.7 Å². The highest BCUT2D eigenvalue weighted by Gasteiger charge is 2.28. The van der Waals surface area contributed by atoms with Crippen molar-refractivity contribution in [1.82, 2.24) is 10.2 Å². The Balaban J connectivity index is 1.64. The van der Waals surface area contributed by atoms with Crippen LogP contribution >= 0.6 is 35.0 Å². The second-order valence-electron chi connectivity index (χ2n) is 8.29. The molecule has 1 aliphatic rings. The quantitative estimate of drug-likeness (QED) is 0.460. The van der Waals surface area contributed by atoms with E-state index in [1.54, 1.807) is 4.90 Å². The van der Waals surface area contributed by atoms with E-state index in [2.05, 4.69) is 5.32 Å². The predicted octanol–water partition coefficient (Wildman–Crippen LogP) is 6.09. The number of carbonyl (C=O) groups is 2. The fourth-order valence-electron chi connectivity index (χ4n) is 3.86. The van der Waals surface area contributed by atoms with Crippen molar-refractivity contribution in [2.45, 2.75) is 63.4 Å². The molecule has 2 aromatic rings. The third-order valence-electron chi connectivity index (χ3n) is 5.79. The molecule has 0 radical (unpaired) electrons. The minimum Gasteiger partial charge on any atom is -0.352 e. The zero-order valence-electron chi connectivity index (χ0n) is 18.4. The van der Waals surface area contributed by atoms with Crippen LogP contribution in [0.3, 0.4) is 0 Å². The van der Waals surface area contributed by atoms with E-state index in [-0.39, 0.29) is 17.9 Å². The molecule has 0 bridgehead atoms. The van der Waals surface area contributed by atoms with Gasteiger partial charge in [0.05, 0.1) is 5.75 Å². The highest BCUT2D eigenvalue weighted by atomic mass is 35.5. The van der Waals surface area contributed by atoms with Crippen molar-refractivity contribution < 1.29 is 9.59 Å². The molecule has 0 spiro atoms. The second kappa shape index (κ2) is 12.5. The van der Waals surface area contributed by atoms with E-state index >= 15 is 0 Å². The Hall–Kier alpha value is -1.69. The van der Waals surface area contributed by atoms with Gasteiger partial charge in [0.25, 0.3) is 0 Å². The maximum Gasteiger partial charge on any atom is 0.242 e. The summed E-state index contributed by atoms with van der Waals surface area (Å²) in [5.41, 5.74) is 2.06. The number of carbonyl (C=O) groups excluding carboxylic acids is 2. The Morgan fingerprint density at radius 3 is 2.12 bits per heavy atom. The van der Waals surface area contributed by atoms with Crippen molar-refractivity contribution in [2.24, 2.45) is 0 Å². The summed E-state index contributed by atoms with van der Waals surface area (Å²) in [5, 5.41) is 4.51. The fourth-order valence-corrected chi connectivity index (χ4v) is 4.98. The molecule has 1 aliphatic carbocycles. The number of nitrogens with one attached hydrogen (secondary N) is 1. The molecule has 0 heterocycles. The lowest BCUT2D eigenvalue weighted by Crippen LogP contribution is -2.50. The summed E-state index contributed by atoms with van der Waals surface area (Å²) in [6.07, 6.45) is 5.55. The molecule has 1 atom stereocenters. The number of hydrogen-bond acceptors (Lipinski definition) is 3. The Morgan fingerprint density at radius 1 is 0.969 bits per heavy atom. The van der Waals surface area contributed by atoms with Gasteiger partial charge in [-0.05, 0) is 55.2 Å². The van der Waals surface area contributed by atoms with Crippen LogP contribution in [0.25, 0.3) is 0 Å². The number of halogens is 2. The van der Waals surface area contributed by atoms with Crippen LogP contribution < -0.4 is 5.32 Å². The van der Waals surface area contributed by atoms with Crippen LogP contribution in [0.5, 0.6) is 0 Å². The number of benzene rings is 2. The zero-order valence-corrected chi connectivity index (χ0v) is 20.7. The number of amides is 2. The topological polar surface area (TPSA) is 49.4 Å². The van der Waals surface area contributed by atoms with Crippen LogP contribution in [0, 0.1) is 0 Å². The van der Waals surface area contributed by atoms with Gasteiger partial charge in [0, 0.05) is 28.4 Å². The van der Waals surface area contributed by atoms with E-state index in [1.165, 1.54) is 18.2 Å². The average molecular weight is 494 g/mol. The first-order valence-electron chi connectivity index (χ1n) is 11.1. The van der Waals surface area contributed by atoms with E-state index in [0.717, 1.165) is 36.8 Å². The molecule has 7 heteroatoms. The Morgan fingerprint density at radius 2 is 1.53 bits per heavy atom. The minimum atomic E-state index is -0.545. The van der Waals surface area contributed by atoms with E-state index < -0.39 is 6.04 Å². The molecule has 1 saturated carbocycles. The summed E-state index contributed by atoms with van der Waals surface area (Å²) in [7, 11) is 0. The summed E-state index contributed by atoms with van der Waals surface area (Å²) in [5.74, 6) is 0.879. The van der Waals surface area contributed by atoms with Crippen molar-refractivity contribution >= 4 is 46.8 Å². The Bertz CT molecular complexity index is 884. The SMILES string of the molecule is C[C@@H](C(=O)NC1CCCCC1)N(Cc1ccc(Cl)cc1)C(=O)CSCc1ccc(Cl)cc1. The molecule has 172 valence electrons. The summed E-state index contributed by atoms with van der Waals surface area (Å²) >= 11 is 13.5. The standard InChI is InChI=1S/C25H30Cl2N2O2S/c1-18(25(31)28-23-5-3-2-4-6-23)29(15-19-7-11-21(26)12-8-19)24(30)17-32-16-20-9-13-22(27)14-10-20/h7-14,18,23H,2-6,15-17H2,1H3,(H,28,31)/t18-/m0/s1. The predicted molar refractivity (Wildman–Crippen MR) is 134 cm³/mol. The monoisotopic (exact) mass is 492 g/mol. The highest BCUT2D eigenvalue weighted by Crippen LogP contribution is 2.20. The number of hydrogen-bond donors (Lipinski definition) is 1. The van der Waals surface area contributed by atoms with Gasteiger partial charge in [0.2, 0.25) is 11.8 Å². The lowest BCUT2D eigenvalue weighted by atomic mass is 9.95. The summed E-state index contributed by atoms with van der Waals surface area (Å²) in [4.78, 5) is 27.8. The molecule has 0 aliphatic heterocycles. The second-order valence-corrected chi connectivity index (χ2v) is 10.1. The van der Waals surface area contributed by atoms with Crippen molar-refractivity contribution in [3.8, 4) is 0 Å². The van der Waals surface area contributed by atoms with Gasteiger partial charge >= 0.3 is 0 Å². The number of nitrogens with zero attached hydrogens (tertiary/aromatic N) is 1. The summed E-state index contributed by atoms with van der Waals surface area (Å²) in [6.45, 7) is 2.19. The number of rotatable bonds is 9. The van der Waals surface area contributed by atoms with Gasteiger partial charge in [-0.15, -0.1) is 11.8 Å². The molecule has 2 amide bonds. The molecule has 2 aromatic carbocycles. The van der Waals surface area contributed by atoms with Crippen molar-refractivity contribution in [1.29, 1.82) is 0 Å². The van der Waals surface area contributed by atoms with Gasteiger partial charge in [-0.25, -0.2) is 0 Å². The summed E-state index contributed by atoms with van der Waals surface area (Å²) in [6, 6.07) is 14.7. The fraction of sp³-hybridized carbons (Fsp3) is 0.440. The zero-order chi connectivity index (χ0) is 22.9. The van der Waals surface area contributed by atoms with Crippen LogP contribution in [0.2, 0.25) is 10.0 Å². The third kappa shape index (κ3) is 7.72. The van der Waals surface area contributed by atoms with Crippen LogP contribution in [0.1, 0.15) is 50.2 Å². The third-order valence-corrected chi connectivity index (χ3v) is 7.29. The van der Waals surface area contributed by atoms with E-state index in [0.29, 0.717) is 28.1 Å². The largest absolute Gasteiger partial charge is 0.352 e. The molecule has 1 N–H and O–H groups in total. The molecule has 32 heavy (non-hydrogen) atoms. The summed E-state index contributed by atoms with van der Waals surface area (Å²) < 4.78 is 0. The van der Waals surface area contributed by atoms with Gasteiger partial charge in [0.1, 0.15) is 6.04 Å². The Kier molecular flexibility index (Phi) is 9.76. The van der Waals surface area contributed by atoms with Gasteiger partial charge in [-0.2, -0.15) is 0 Å². The van der Waals surface area contributed by atoms with Crippen molar-refractivity contribution in [2.75, 3.05) is 5.75 Å². The highest BCUT2D eigenvalue weighted by molar-refractivity contribution is 7.99. The maximum atomic E-state index is 13.2. The molecule has 4 nitrogen and oxygen atoms in total. The lowest BCUT2D eigenvalue weighted by molar-refractivity contribution is -0.139. The normalized spacial score (nSPS) is 15.2. The molecule has 1 fully saturated rings. The Labute approximate surface area is 205 Å². The smallest absolute Gasteiger partial charge is 0.242 e. The number of thioether (sulfide) groups is 1.